The highest BCUT2D eigenvalue weighted by atomic mass is 28.2. The highest BCUT2D eigenvalue weighted by molar-refractivity contribution is 5.98. The maximum Gasteiger partial charge on any atom is 0.416 e. The largest absolute Gasteiger partial charge is 0.416 e. The smallest absolute Gasteiger partial charge is 0.376 e. The summed E-state index contributed by atoms with van der Waals surface area (Å²) in [6.45, 7) is 4.48. The van der Waals surface area contributed by atoms with Crippen molar-refractivity contribution in [3.05, 3.63) is 59.7 Å². The number of hydrogen-bond acceptors (Lipinski definition) is 3. The molecule has 0 N–H and O–H groups in total. The van der Waals surface area contributed by atoms with Gasteiger partial charge < -0.3 is 13.9 Å². The third kappa shape index (κ3) is 4.49. The fourth-order valence-electron chi connectivity index (χ4n) is 2.57. The van der Waals surface area contributed by atoms with E-state index < -0.39 is 17.7 Å². The summed E-state index contributed by atoms with van der Waals surface area (Å²) in [5, 5.41) is 0. The third-order valence-corrected chi connectivity index (χ3v) is 4.24. The second-order valence-electron chi connectivity index (χ2n) is 5.28. The van der Waals surface area contributed by atoms with E-state index in [1.54, 1.807) is 30.3 Å². The first-order valence-corrected chi connectivity index (χ1v) is 8.79. The number of alkyl halides is 3. The minimum absolute atomic E-state index is 0.400. The summed E-state index contributed by atoms with van der Waals surface area (Å²) < 4.78 is 55.5. The molecule has 2 rings (SSSR count). The molecule has 2 aromatic carbocycles. The van der Waals surface area contributed by atoms with Crippen LogP contribution in [-0.2, 0) is 26.0 Å². The fourth-order valence-corrected chi connectivity index (χ4v) is 3.04. The Hall–Kier alpha value is -1.67. The molecule has 7 heteroatoms. The predicted molar refractivity (Wildman–Crippen MR) is 92.8 cm³/mol. The molecule has 25 heavy (non-hydrogen) atoms. The first-order valence-electron chi connectivity index (χ1n) is 7.97. The Balaban J connectivity index is 2.36. The van der Waals surface area contributed by atoms with Gasteiger partial charge in [0, 0.05) is 18.8 Å². The van der Waals surface area contributed by atoms with Crippen molar-refractivity contribution >= 4 is 10.5 Å². The van der Waals surface area contributed by atoms with Gasteiger partial charge in [-0.25, -0.2) is 0 Å². The zero-order valence-corrected chi connectivity index (χ0v) is 16.4. The highest BCUT2D eigenvalue weighted by Crippen LogP contribution is 2.33. The molecule has 0 aliphatic carbocycles. The van der Waals surface area contributed by atoms with Crippen molar-refractivity contribution in [3.8, 4) is 11.1 Å². The van der Waals surface area contributed by atoms with Gasteiger partial charge in [-0.3, -0.25) is 0 Å². The van der Waals surface area contributed by atoms with Gasteiger partial charge in [-0.15, -0.1) is 0 Å². The summed E-state index contributed by atoms with van der Waals surface area (Å²) in [6, 6.07) is 12.2. The number of benzene rings is 2. The van der Waals surface area contributed by atoms with E-state index in [2.05, 4.69) is 0 Å². The lowest BCUT2D eigenvalue weighted by molar-refractivity contribution is -0.352. The Morgan fingerprint density at radius 3 is 1.92 bits per heavy atom. The van der Waals surface area contributed by atoms with Gasteiger partial charge in [-0.05, 0) is 37.1 Å². The second-order valence-corrected chi connectivity index (χ2v) is 5.69. The lowest BCUT2D eigenvalue weighted by atomic mass is 10.0. The molecule has 0 spiro atoms. The molecule has 0 bridgehead atoms. The maximum atomic E-state index is 12.9. The van der Waals surface area contributed by atoms with Crippen LogP contribution in [0.4, 0.5) is 13.2 Å². The van der Waals surface area contributed by atoms with Crippen LogP contribution >= 0.6 is 0 Å². The molecule has 2 aromatic rings. The lowest BCUT2D eigenvalue weighted by Gasteiger charge is -2.32. The molecule has 0 fully saturated rings. The van der Waals surface area contributed by atoms with Gasteiger partial charge >= 0.3 is 12.1 Å². The molecule has 0 aromatic heterocycles. The van der Waals surface area contributed by atoms with Crippen LogP contribution in [0.5, 0.6) is 0 Å². The van der Waals surface area contributed by atoms with E-state index in [1.165, 1.54) is 6.07 Å². The monoisotopic (exact) mass is 370 g/mol. The Morgan fingerprint density at radius 1 is 0.840 bits per heavy atom. The summed E-state index contributed by atoms with van der Waals surface area (Å²) in [5.74, 6) is -1.26. The van der Waals surface area contributed by atoms with Crippen molar-refractivity contribution in [2.75, 3.05) is 13.2 Å². The van der Waals surface area contributed by atoms with E-state index in [0.717, 1.165) is 12.1 Å². The summed E-state index contributed by atoms with van der Waals surface area (Å²) in [4.78, 5) is 0. The molecule has 136 valence electrons. The average molecular weight is 370 g/mol. The molecule has 0 radical (unpaired) electrons. The topological polar surface area (TPSA) is 27.7 Å². The lowest BCUT2D eigenvalue weighted by Crippen LogP contribution is -2.35. The first kappa shape index (κ1) is 19.6. The normalized spacial score (nSPS) is 12.5. The fraction of sp³-hybridized carbons (Fsp3) is 0.333. The van der Waals surface area contributed by atoms with Crippen LogP contribution in [0, 0.1) is 0 Å². The van der Waals surface area contributed by atoms with Crippen LogP contribution in [0.15, 0.2) is 48.5 Å². The van der Waals surface area contributed by atoms with E-state index in [4.69, 9.17) is 13.9 Å². The number of hydrogen-bond donors (Lipinski definition) is 0. The maximum absolute atomic E-state index is 12.9. The molecule has 0 heterocycles. The van der Waals surface area contributed by atoms with E-state index in [1.807, 2.05) is 13.8 Å². The average Bonchev–Trinajstić information content (AvgIpc) is 2.61. The summed E-state index contributed by atoms with van der Waals surface area (Å²) >= 11 is 0. The third-order valence-electron chi connectivity index (χ3n) is 3.70. The molecule has 0 saturated heterocycles. The zero-order chi connectivity index (χ0) is 18.5. The standard InChI is InChI=1S/C18H21F3O3Si/c1-3-22-18(24-25,23-4-2)15-10-8-13(9-11-15)14-6-5-7-16(12-14)17(19,20)21/h5-12H,3-4H2,1-2,25H3. The summed E-state index contributed by atoms with van der Waals surface area (Å²) in [6.07, 6.45) is -4.37. The van der Waals surface area contributed by atoms with Crippen molar-refractivity contribution in [1.82, 2.24) is 0 Å². The van der Waals surface area contributed by atoms with E-state index in [9.17, 15) is 13.2 Å². The van der Waals surface area contributed by atoms with Crippen molar-refractivity contribution in [1.29, 1.82) is 0 Å². The first-order chi connectivity index (χ1) is 11.9. The van der Waals surface area contributed by atoms with E-state index in [-0.39, 0.29) is 0 Å². The molecule has 0 aliphatic rings. The van der Waals surface area contributed by atoms with E-state index >= 15 is 0 Å². The SMILES string of the molecule is CCOC(O[SiH3])(OCC)c1ccc(-c2cccc(C(F)(F)F)c2)cc1. The minimum atomic E-state index is -4.37. The van der Waals surface area contributed by atoms with Gasteiger partial charge in [0.15, 0.2) is 10.5 Å². The molecule has 0 amide bonds. The van der Waals surface area contributed by atoms with Crippen molar-refractivity contribution in [2.45, 2.75) is 26.0 Å². The Labute approximate surface area is 148 Å². The Kier molecular flexibility index (Phi) is 6.40. The highest BCUT2D eigenvalue weighted by Gasteiger charge is 2.34. The van der Waals surface area contributed by atoms with Gasteiger partial charge in [0.05, 0.1) is 5.56 Å². The van der Waals surface area contributed by atoms with Crippen molar-refractivity contribution in [3.63, 3.8) is 0 Å². The molecule has 0 atom stereocenters. The molecule has 3 nitrogen and oxygen atoms in total. The molecule has 0 unspecified atom stereocenters. The predicted octanol–water partition coefficient (Wildman–Crippen LogP) is 3.85. The number of halogens is 3. The summed E-state index contributed by atoms with van der Waals surface area (Å²) in [5.41, 5.74) is 1.16. The number of rotatable bonds is 7. The van der Waals surface area contributed by atoms with E-state index in [0.29, 0.717) is 40.4 Å². The molecule has 0 saturated carbocycles. The van der Waals surface area contributed by atoms with Gasteiger partial charge in [0.2, 0.25) is 0 Å². The van der Waals surface area contributed by atoms with Crippen LogP contribution < -0.4 is 0 Å². The van der Waals surface area contributed by atoms with Crippen molar-refractivity contribution < 1.29 is 27.1 Å². The van der Waals surface area contributed by atoms with Crippen LogP contribution in [-0.4, -0.2) is 23.7 Å². The van der Waals surface area contributed by atoms with Crippen LogP contribution in [0.3, 0.4) is 0 Å². The second kappa shape index (κ2) is 8.14. The van der Waals surface area contributed by atoms with Gasteiger partial charge in [-0.2, -0.15) is 13.2 Å². The molecule has 0 aliphatic heterocycles. The molecular formula is C18H21F3O3Si. The van der Waals surface area contributed by atoms with Crippen LogP contribution in [0.25, 0.3) is 11.1 Å². The van der Waals surface area contributed by atoms with Crippen molar-refractivity contribution in [2.24, 2.45) is 0 Å². The number of ether oxygens (including phenoxy) is 2. The van der Waals surface area contributed by atoms with Crippen LogP contribution in [0.2, 0.25) is 0 Å². The van der Waals surface area contributed by atoms with Gasteiger partial charge in [-0.1, -0.05) is 36.4 Å². The minimum Gasteiger partial charge on any atom is -0.376 e. The summed E-state index contributed by atoms with van der Waals surface area (Å²) in [7, 11) is 0.402. The quantitative estimate of drug-likeness (QED) is 0.547. The molecular weight excluding hydrogens is 349 g/mol. The van der Waals surface area contributed by atoms with Gasteiger partial charge in [0.1, 0.15) is 0 Å². The van der Waals surface area contributed by atoms with Gasteiger partial charge in [0.25, 0.3) is 0 Å². The zero-order valence-electron chi connectivity index (χ0n) is 14.4. The Bertz CT molecular complexity index is 681. The Morgan fingerprint density at radius 2 is 1.44 bits per heavy atom. The van der Waals surface area contributed by atoms with Crippen LogP contribution in [0.1, 0.15) is 25.0 Å².